The minimum Gasteiger partial charge on any atom is -0.472 e. The van der Waals surface area contributed by atoms with E-state index >= 15 is 0 Å². The van der Waals surface area contributed by atoms with Gasteiger partial charge < -0.3 is 13.9 Å². The standard InChI is InChI=1S/C8H10O4/c1-10-4-5-12-8(9)7-2-3-11-6-7/h2-3,6H,4-5H2,1H3. The average Bonchev–Trinajstić information content (AvgIpc) is 2.56. The molecule has 0 N–H and O–H groups in total. The number of carbonyl (C=O) groups is 1. The molecule has 0 aromatic carbocycles. The zero-order valence-corrected chi connectivity index (χ0v) is 6.78. The van der Waals surface area contributed by atoms with Crippen molar-refractivity contribution in [1.82, 2.24) is 0 Å². The smallest absolute Gasteiger partial charge is 0.341 e. The van der Waals surface area contributed by atoms with Crippen LogP contribution in [0.4, 0.5) is 0 Å². The van der Waals surface area contributed by atoms with Crippen molar-refractivity contribution < 1.29 is 18.7 Å². The maximum atomic E-state index is 11.0. The van der Waals surface area contributed by atoms with Crippen LogP contribution < -0.4 is 0 Å². The molecule has 0 spiro atoms. The molecule has 4 heteroatoms. The number of rotatable bonds is 4. The van der Waals surface area contributed by atoms with Gasteiger partial charge in [-0.05, 0) is 6.07 Å². The summed E-state index contributed by atoms with van der Waals surface area (Å²) in [5, 5.41) is 0. The SMILES string of the molecule is COCCOC(=O)c1ccoc1. The van der Waals surface area contributed by atoms with Gasteiger partial charge in [0.1, 0.15) is 12.9 Å². The monoisotopic (exact) mass is 170 g/mol. The fraction of sp³-hybridized carbons (Fsp3) is 0.375. The number of ether oxygens (including phenoxy) is 2. The molecule has 1 aromatic heterocycles. The van der Waals surface area contributed by atoms with Gasteiger partial charge in [-0.25, -0.2) is 4.79 Å². The molecular weight excluding hydrogens is 160 g/mol. The average molecular weight is 170 g/mol. The van der Waals surface area contributed by atoms with Crippen molar-refractivity contribution >= 4 is 5.97 Å². The number of esters is 1. The first-order valence-corrected chi connectivity index (χ1v) is 3.53. The maximum Gasteiger partial charge on any atom is 0.341 e. The molecule has 0 aliphatic carbocycles. The molecule has 1 aromatic rings. The van der Waals surface area contributed by atoms with E-state index in [1.165, 1.54) is 12.5 Å². The number of furan rings is 1. The van der Waals surface area contributed by atoms with E-state index in [4.69, 9.17) is 13.9 Å². The normalized spacial score (nSPS) is 9.75. The number of hydrogen-bond donors (Lipinski definition) is 0. The Hall–Kier alpha value is -1.29. The van der Waals surface area contributed by atoms with Crippen molar-refractivity contribution in [3.05, 3.63) is 24.2 Å². The number of carbonyl (C=O) groups excluding carboxylic acids is 1. The molecule has 66 valence electrons. The molecular formula is C8H10O4. The lowest BCUT2D eigenvalue weighted by Gasteiger charge is -2.00. The van der Waals surface area contributed by atoms with Gasteiger partial charge in [0.15, 0.2) is 0 Å². The summed E-state index contributed by atoms with van der Waals surface area (Å²) < 4.78 is 14.2. The second kappa shape index (κ2) is 4.56. The summed E-state index contributed by atoms with van der Waals surface area (Å²) in [5.41, 5.74) is 0.422. The third-order valence-corrected chi connectivity index (χ3v) is 1.28. The van der Waals surface area contributed by atoms with E-state index in [0.29, 0.717) is 12.2 Å². The zero-order valence-electron chi connectivity index (χ0n) is 6.78. The van der Waals surface area contributed by atoms with Gasteiger partial charge in [-0.1, -0.05) is 0 Å². The van der Waals surface area contributed by atoms with Crippen molar-refractivity contribution in [1.29, 1.82) is 0 Å². The predicted octanol–water partition coefficient (Wildman–Crippen LogP) is 1.08. The topological polar surface area (TPSA) is 48.7 Å². The zero-order chi connectivity index (χ0) is 8.81. The van der Waals surface area contributed by atoms with Crippen LogP contribution in [0, 0.1) is 0 Å². The highest BCUT2D eigenvalue weighted by Crippen LogP contribution is 2.01. The van der Waals surface area contributed by atoms with Gasteiger partial charge in [-0.2, -0.15) is 0 Å². The summed E-state index contributed by atoms with van der Waals surface area (Å²) in [4.78, 5) is 11.0. The van der Waals surface area contributed by atoms with Gasteiger partial charge in [-0.15, -0.1) is 0 Å². The second-order valence-corrected chi connectivity index (χ2v) is 2.14. The molecule has 1 rings (SSSR count). The Balaban J connectivity index is 2.30. The Labute approximate surface area is 70.1 Å². The molecule has 0 bridgehead atoms. The summed E-state index contributed by atoms with van der Waals surface area (Å²) >= 11 is 0. The Bertz CT molecular complexity index is 227. The highest BCUT2D eigenvalue weighted by Gasteiger charge is 2.06. The molecule has 0 aliphatic rings. The summed E-state index contributed by atoms with van der Waals surface area (Å²) in [6.45, 7) is 0.671. The van der Waals surface area contributed by atoms with Crippen molar-refractivity contribution in [2.45, 2.75) is 0 Å². The molecule has 0 fully saturated rings. The Kier molecular flexibility index (Phi) is 3.35. The predicted molar refractivity (Wildman–Crippen MR) is 40.9 cm³/mol. The van der Waals surface area contributed by atoms with Crippen molar-refractivity contribution in [2.24, 2.45) is 0 Å². The van der Waals surface area contributed by atoms with Crippen molar-refractivity contribution in [2.75, 3.05) is 20.3 Å². The number of hydrogen-bond acceptors (Lipinski definition) is 4. The third-order valence-electron chi connectivity index (χ3n) is 1.28. The Morgan fingerprint density at radius 1 is 1.58 bits per heavy atom. The van der Waals surface area contributed by atoms with Crippen LogP contribution in [0.2, 0.25) is 0 Å². The van der Waals surface area contributed by atoms with Crippen LogP contribution in [0.25, 0.3) is 0 Å². The van der Waals surface area contributed by atoms with Crippen molar-refractivity contribution in [3.63, 3.8) is 0 Å². The lowest BCUT2D eigenvalue weighted by atomic mass is 10.3. The summed E-state index contributed by atoms with van der Waals surface area (Å²) in [6.07, 6.45) is 2.77. The molecule has 0 saturated carbocycles. The van der Waals surface area contributed by atoms with E-state index in [-0.39, 0.29) is 12.6 Å². The molecule has 1 heterocycles. The molecule has 0 aliphatic heterocycles. The summed E-state index contributed by atoms with van der Waals surface area (Å²) in [7, 11) is 1.55. The van der Waals surface area contributed by atoms with Crippen LogP contribution in [0.15, 0.2) is 23.0 Å². The van der Waals surface area contributed by atoms with Gasteiger partial charge in [0.25, 0.3) is 0 Å². The fourth-order valence-corrected chi connectivity index (χ4v) is 0.682. The minimum absolute atomic E-state index is 0.264. The van der Waals surface area contributed by atoms with Crippen LogP contribution in [-0.4, -0.2) is 26.3 Å². The maximum absolute atomic E-state index is 11.0. The first-order valence-electron chi connectivity index (χ1n) is 3.53. The van der Waals surface area contributed by atoms with Gasteiger partial charge in [0.05, 0.1) is 18.4 Å². The van der Waals surface area contributed by atoms with Crippen LogP contribution in [0.3, 0.4) is 0 Å². The largest absolute Gasteiger partial charge is 0.472 e. The van der Waals surface area contributed by atoms with Crippen LogP contribution in [-0.2, 0) is 9.47 Å². The molecule has 0 atom stereocenters. The molecule has 12 heavy (non-hydrogen) atoms. The van der Waals surface area contributed by atoms with E-state index < -0.39 is 0 Å². The molecule has 0 radical (unpaired) electrons. The summed E-state index contributed by atoms with van der Waals surface area (Å²) in [5.74, 6) is -0.388. The van der Waals surface area contributed by atoms with E-state index in [2.05, 4.69) is 0 Å². The van der Waals surface area contributed by atoms with E-state index in [0.717, 1.165) is 0 Å². The van der Waals surface area contributed by atoms with Gasteiger partial charge in [-0.3, -0.25) is 0 Å². The van der Waals surface area contributed by atoms with Crippen LogP contribution in [0.1, 0.15) is 10.4 Å². The first-order chi connectivity index (χ1) is 5.84. The van der Waals surface area contributed by atoms with Gasteiger partial charge >= 0.3 is 5.97 Å². The van der Waals surface area contributed by atoms with Gasteiger partial charge in [0.2, 0.25) is 0 Å². The fourth-order valence-electron chi connectivity index (χ4n) is 0.682. The quantitative estimate of drug-likeness (QED) is 0.501. The van der Waals surface area contributed by atoms with E-state index in [9.17, 15) is 4.79 Å². The Morgan fingerprint density at radius 2 is 2.42 bits per heavy atom. The lowest BCUT2D eigenvalue weighted by Crippen LogP contribution is -2.08. The van der Waals surface area contributed by atoms with E-state index in [1.807, 2.05) is 0 Å². The van der Waals surface area contributed by atoms with E-state index in [1.54, 1.807) is 13.2 Å². The third kappa shape index (κ3) is 2.39. The highest BCUT2D eigenvalue weighted by atomic mass is 16.6. The molecule has 0 amide bonds. The van der Waals surface area contributed by atoms with Crippen LogP contribution >= 0.6 is 0 Å². The minimum atomic E-state index is -0.388. The van der Waals surface area contributed by atoms with Crippen LogP contribution in [0.5, 0.6) is 0 Å². The summed E-state index contributed by atoms with van der Waals surface area (Å²) in [6, 6.07) is 1.55. The molecule has 4 nitrogen and oxygen atoms in total. The van der Waals surface area contributed by atoms with Gasteiger partial charge in [0, 0.05) is 7.11 Å². The Morgan fingerprint density at radius 3 is 3.00 bits per heavy atom. The number of methoxy groups -OCH3 is 1. The molecule has 0 saturated heterocycles. The second-order valence-electron chi connectivity index (χ2n) is 2.14. The van der Waals surface area contributed by atoms with Crippen molar-refractivity contribution in [3.8, 4) is 0 Å². The highest BCUT2D eigenvalue weighted by molar-refractivity contribution is 5.88. The lowest BCUT2D eigenvalue weighted by molar-refractivity contribution is 0.0387. The molecule has 0 unspecified atom stereocenters. The first kappa shape index (κ1) is 8.80.